The molecule has 1 amide bonds. The lowest BCUT2D eigenvalue weighted by Crippen LogP contribution is -2.16. The lowest BCUT2D eigenvalue weighted by molar-refractivity contribution is -0.116. The highest BCUT2D eigenvalue weighted by atomic mass is 19.2. The van der Waals surface area contributed by atoms with Gasteiger partial charge in [-0.3, -0.25) is 4.79 Å². The van der Waals surface area contributed by atoms with Crippen LogP contribution in [0, 0.1) is 11.6 Å². The molecule has 0 saturated carbocycles. The van der Waals surface area contributed by atoms with Gasteiger partial charge in [0.2, 0.25) is 5.91 Å². The number of nitrogens with zero attached hydrogens (tertiary/aromatic N) is 1. The van der Waals surface area contributed by atoms with Crippen molar-refractivity contribution in [1.29, 1.82) is 0 Å². The third-order valence-corrected chi connectivity index (χ3v) is 3.28. The number of amides is 1. The fourth-order valence-corrected chi connectivity index (χ4v) is 2.14. The standard InChI is InChI=1S/C17H18F2N2O/c1-21(2)16-6-4-3-5-15(16)20-17(22)10-8-12-7-9-13(18)14(19)11-12/h3-7,9,11H,8,10H2,1-2H3,(H,20,22). The Balaban J connectivity index is 1.97. The van der Waals surface area contributed by atoms with E-state index in [0.29, 0.717) is 12.0 Å². The number of hydrogen-bond donors (Lipinski definition) is 1. The number of halogens is 2. The summed E-state index contributed by atoms with van der Waals surface area (Å²) in [6, 6.07) is 11.2. The first-order valence-electron chi connectivity index (χ1n) is 6.97. The van der Waals surface area contributed by atoms with Gasteiger partial charge >= 0.3 is 0 Å². The molecule has 2 aromatic carbocycles. The highest BCUT2D eigenvalue weighted by molar-refractivity contribution is 5.94. The molecular weight excluding hydrogens is 286 g/mol. The van der Waals surface area contributed by atoms with Crippen LogP contribution in [0.1, 0.15) is 12.0 Å². The van der Waals surface area contributed by atoms with Crippen LogP contribution in [0.25, 0.3) is 0 Å². The molecule has 0 radical (unpaired) electrons. The van der Waals surface area contributed by atoms with Crippen molar-refractivity contribution in [3.63, 3.8) is 0 Å². The van der Waals surface area contributed by atoms with Crippen molar-refractivity contribution in [3.8, 4) is 0 Å². The predicted molar refractivity (Wildman–Crippen MR) is 84.1 cm³/mol. The molecule has 3 nitrogen and oxygen atoms in total. The van der Waals surface area contributed by atoms with Gasteiger partial charge in [0.05, 0.1) is 11.4 Å². The summed E-state index contributed by atoms with van der Waals surface area (Å²) >= 11 is 0. The van der Waals surface area contributed by atoms with Crippen molar-refractivity contribution < 1.29 is 13.6 Å². The minimum absolute atomic E-state index is 0.168. The number of carbonyl (C=O) groups excluding carboxylic acids is 1. The Bertz CT molecular complexity index is 671. The Labute approximate surface area is 128 Å². The molecule has 0 aliphatic heterocycles. The van der Waals surface area contributed by atoms with Crippen LogP contribution in [-0.2, 0) is 11.2 Å². The molecule has 0 aliphatic rings. The number of para-hydroxylation sites is 2. The summed E-state index contributed by atoms with van der Waals surface area (Å²) in [5, 5.41) is 2.84. The fourth-order valence-electron chi connectivity index (χ4n) is 2.14. The second kappa shape index (κ2) is 7.02. The Kier molecular flexibility index (Phi) is 5.09. The molecule has 0 aromatic heterocycles. The van der Waals surface area contributed by atoms with Crippen LogP contribution in [0.2, 0.25) is 0 Å². The molecule has 116 valence electrons. The summed E-state index contributed by atoms with van der Waals surface area (Å²) in [5.74, 6) is -1.94. The lowest BCUT2D eigenvalue weighted by atomic mass is 10.1. The number of anilines is 2. The molecule has 1 N–H and O–H groups in total. The average molecular weight is 304 g/mol. The highest BCUT2D eigenvalue weighted by Crippen LogP contribution is 2.23. The Morgan fingerprint density at radius 3 is 2.50 bits per heavy atom. The molecule has 0 spiro atoms. The van der Waals surface area contributed by atoms with E-state index in [9.17, 15) is 13.6 Å². The van der Waals surface area contributed by atoms with Crippen molar-refractivity contribution in [2.24, 2.45) is 0 Å². The predicted octanol–water partition coefficient (Wildman–Crippen LogP) is 3.60. The third kappa shape index (κ3) is 4.04. The normalized spacial score (nSPS) is 10.4. The summed E-state index contributed by atoms with van der Waals surface area (Å²) in [6.07, 6.45) is 0.556. The number of carbonyl (C=O) groups is 1. The molecule has 0 aliphatic carbocycles. The molecule has 2 rings (SSSR count). The maximum absolute atomic E-state index is 13.1. The second-order valence-corrected chi connectivity index (χ2v) is 5.21. The molecule has 0 fully saturated rings. The minimum Gasteiger partial charge on any atom is -0.376 e. The Morgan fingerprint density at radius 1 is 1.09 bits per heavy atom. The van der Waals surface area contributed by atoms with E-state index in [1.807, 2.05) is 43.3 Å². The monoisotopic (exact) mass is 304 g/mol. The average Bonchev–Trinajstić information content (AvgIpc) is 2.49. The summed E-state index contributed by atoms with van der Waals surface area (Å²) in [7, 11) is 3.79. The van der Waals surface area contributed by atoms with Gasteiger partial charge in [-0.2, -0.15) is 0 Å². The quantitative estimate of drug-likeness (QED) is 0.915. The van der Waals surface area contributed by atoms with Crippen LogP contribution in [0.5, 0.6) is 0 Å². The first kappa shape index (κ1) is 15.9. The van der Waals surface area contributed by atoms with Gasteiger partial charge in [-0.05, 0) is 36.2 Å². The molecule has 0 heterocycles. The van der Waals surface area contributed by atoms with Gasteiger partial charge < -0.3 is 10.2 Å². The molecule has 22 heavy (non-hydrogen) atoms. The first-order valence-corrected chi connectivity index (χ1v) is 6.97. The van der Waals surface area contributed by atoms with Crippen LogP contribution in [-0.4, -0.2) is 20.0 Å². The number of aryl methyl sites for hydroxylation is 1. The zero-order chi connectivity index (χ0) is 16.1. The van der Waals surface area contributed by atoms with Gasteiger partial charge in [-0.25, -0.2) is 8.78 Å². The zero-order valence-corrected chi connectivity index (χ0v) is 12.6. The molecule has 5 heteroatoms. The van der Waals surface area contributed by atoms with Crippen molar-refractivity contribution >= 4 is 17.3 Å². The zero-order valence-electron chi connectivity index (χ0n) is 12.6. The smallest absolute Gasteiger partial charge is 0.224 e. The van der Waals surface area contributed by atoms with Crippen molar-refractivity contribution in [2.45, 2.75) is 12.8 Å². The number of nitrogens with one attached hydrogen (secondary N) is 1. The van der Waals surface area contributed by atoms with E-state index in [-0.39, 0.29) is 12.3 Å². The SMILES string of the molecule is CN(C)c1ccccc1NC(=O)CCc1ccc(F)c(F)c1. The van der Waals surface area contributed by atoms with E-state index < -0.39 is 11.6 Å². The van der Waals surface area contributed by atoms with Gasteiger partial charge in [0, 0.05) is 20.5 Å². The van der Waals surface area contributed by atoms with Crippen LogP contribution < -0.4 is 10.2 Å². The fraction of sp³-hybridized carbons (Fsp3) is 0.235. The summed E-state index contributed by atoms with van der Waals surface area (Å²) in [4.78, 5) is 13.9. The third-order valence-electron chi connectivity index (χ3n) is 3.28. The van der Waals surface area contributed by atoms with E-state index in [0.717, 1.165) is 23.5 Å². The number of hydrogen-bond acceptors (Lipinski definition) is 2. The van der Waals surface area contributed by atoms with E-state index in [2.05, 4.69) is 5.32 Å². The van der Waals surface area contributed by atoms with E-state index in [1.54, 1.807) is 0 Å². The van der Waals surface area contributed by atoms with Crippen LogP contribution in [0.15, 0.2) is 42.5 Å². The summed E-state index contributed by atoms with van der Waals surface area (Å²) in [5.41, 5.74) is 2.22. The van der Waals surface area contributed by atoms with Gasteiger partial charge in [0.15, 0.2) is 11.6 Å². The summed E-state index contributed by atoms with van der Waals surface area (Å²) in [6.45, 7) is 0. The molecule has 0 atom stereocenters. The Hall–Kier alpha value is -2.43. The van der Waals surface area contributed by atoms with Crippen LogP contribution in [0.4, 0.5) is 20.2 Å². The van der Waals surface area contributed by atoms with Gasteiger partial charge in [0.25, 0.3) is 0 Å². The van der Waals surface area contributed by atoms with Crippen molar-refractivity contribution in [2.75, 3.05) is 24.3 Å². The minimum atomic E-state index is -0.893. The van der Waals surface area contributed by atoms with E-state index in [4.69, 9.17) is 0 Å². The topological polar surface area (TPSA) is 32.3 Å². The highest BCUT2D eigenvalue weighted by Gasteiger charge is 2.09. The molecular formula is C17H18F2N2O. The Morgan fingerprint density at radius 2 is 1.82 bits per heavy atom. The number of benzene rings is 2. The second-order valence-electron chi connectivity index (χ2n) is 5.21. The van der Waals surface area contributed by atoms with Crippen LogP contribution >= 0.6 is 0 Å². The largest absolute Gasteiger partial charge is 0.376 e. The van der Waals surface area contributed by atoms with Crippen LogP contribution in [0.3, 0.4) is 0 Å². The van der Waals surface area contributed by atoms with E-state index in [1.165, 1.54) is 6.07 Å². The van der Waals surface area contributed by atoms with Crippen molar-refractivity contribution in [3.05, 3.63) is 59.7 Å². The maximum atomic E-state index is 13.1. The maximum Gasteiger partial charge on any atom is 0.224 e. The first-order chi connectivity index (χ1) is 10.5. The lowest BCUT2D eigenvalue weighted by Gasteiger charge is -2.17. The molecule has 0 unspecified atom stereocenters. The van der Waals surface area contributed by atoms with Gasteiger partial charge in [-0.15, -0.1) is 0 Å². The number of rotatable bonds is 5. The summed E-state index contributed by atoms with van der Waals surface area (Å²) < 4.78 is 26.0. The van der Waals surface area contributed by atoms with E-state index >= 15 is 0 Å². The molecule has 0 saturated heterocycles. The van der Waals surface area contributed by atoms with Gasteiger partial charge in [-0.1, -0.05) is 18.2 Å². The molecule has 0 bridgehead atoms. The van der Waals surface area contributed by atoms with Crippen molar-refractivity contribution in [1.82, 2.24) is 0 Å². The molecule has 2 aromatic rings. The van der Waals surface area contributed by atoms with Gasteiger partial charge in [0.1, 0.15) is 0 Å².